The number of hydrogen-bond donors (Lipinski definition) is 0. The number of rotatable bonds is 1. The lowest BCUT2D eigenvalue weighted by molar-refractivity contribution is -0.126. The van der Waals surface area contributed by atoms with Gasteiger partial charge in [-0.15, -0.1) is 0 Å². The van der Waals surface area contributed by atoms with Gasteiger partial charge in [0, 0.05) is 10.0 Å². The Hall–Kier alpha value is -1.14. The lowest BCUT2D eigenvalue weighted by atomic mass is 9.81. The number of imide groups is 1. The Labute approximate surface area is 129 Å². The van der Waals surface area contributed by atoms with Crippen molar-refractivity contribution in [3.05, 3.63) is 28.2 Å². The first-order chi connectivity index (χ1) is 10.1. The van der Waals surface area contributed by atoms with Gasteiger partial charge in [0.05, 0.1) is 29.7 Å². The Bertz CT molecular complexity index is 656. The number of halogens is 2. The van der Waals surface area contributed by atoms with E-state index in [1.165, 1.54) is 4.90 Å². The van der Waals surface area contributed by atoms with Crippen LogP contribution in [0.4, 0.5) is 5.69 Å². The molecule has 0 N–H and O–H groups in total. The van der Waals surface area contributed by atoms with E-state index in [-0.39, 0.29) is 36.2 Å². The van der Waals surface area contributed by atoms with Crippen LogP contribution in [-0.2, 0) is 19.1 Å². The standard InChI is InChI=1S/C14H9Cl2NO4/c15-4-1-5(16)3-6(2-4)17-13(18)7-8(14(17)19)10-12-11(21-12)9(7)20-10/h1-3,7-12H/t7-,8+,9?,10?,11-,12+. The van der Waals surface area contributed by atoms with Crippen molar-refractivity contribution >= 4 is 40.7 Å². The normalized spacial score (nSPS) is 42.5. The van der Waals surface area contributed by atoms with Crippen molar-refractivity contribution in [3.8, 4) is 0 Å². The molecule has 0 aromatic heterocycles. The monoisotopic (exact) mass is 325 g/mol. The maximum Gasteiger partial charge on any atom is 0.240 e. The molecule has 1 aromatic carbocycles. The van der Waals surface area contributed by atoms with Crippen molar-refractivity contribution in [2.24, 2.45) is 11.8 Å². The fourth-order valence-electron chi connectivity index (χ4n) is 3.91. The van der Waals surface area contributed by atoms with Crippen LogP contribution < -0.4 is 4.90 Å². The molecule has 4 heterocycles. The molecule has 1 aromatic rings. The van der Waals surface area contributed by atoms with E-state index in [4.69, 9.17) is 32.7 Å². The van der Waals surface area contributed by atoms with Gasteiger partial charge in [-0.2, -0.15) is 0 Å². The summed E-state index contributed by atoms with van der Waals surface area (Å²) in [6, 6.07) is 4.71. The molecule has 4 aliphatic heterocycles. The second kappa shape index (κ2) is 3.79. The van der Waals surface area contributed by atoms with Gasteiger partial charge in [0.25, 0.3) is 0 Å². The summed E-state index contributed by atoms with van der Waals surface area (Å²) in [7, 11) is 0. The Morgan fingerprint density at radius 3 is 1.81 bits per heavy atom. The zero-order valence-electron chi connectivity index (χ0n) is 10.5. The van der Waals surface area contributed by atoms with Crippen LogP contribution in [0.3, 0.4) is 0 Å². The first-order valence-electron chi connectivity index (χ1n) is 6.71. The number of epoxide rings is 1. The number of amides is 2. The third kappa shape index (κ3) is 1.45. The summed E-state index contributed by atoms with van der Waals surface area (Å²) in [5.74, 6) is -1.37. The van der Waals surface area contributed by atoms with Gasteiger partial charge in [-0.3, -0.25) is 9.59 Å². The van der Waals surface area contributed by atoms with Crippen LogP contribution in [0.1, 0.15) is 0 Å². The largest absolute Gasteiger partial charge is 0.368 e. The Morgan fingerprint density at radius 1 is 0.810 bits per heavy atom. The van der Waals surface area contributed by atoms with E-state index in [0.717, 1.165) is 0 Å². The average molecular weight is 326 g/mol. The van der Waals surface area contributed by atoms with Crippen molar-refractivity contribution in [2.75, 3.05) is 4.90 Å². The number of ether oxygens (including phenoxy) is 2. The number of carbonyl (C=O) groups is 2. The van der Waals surface area contributed by atoms with Crippen molar-refractivity contribution in [2.45, 2.75) is 24.4 Å². The van der Waals surface area contributed by atoms with Crippen molar-refractivity contribution < 1.29 is 19.1 Å². The first kappa shape index (κ1) is 12.4. The Kier molecular flexibility index (Phi) is 2.24. The van der Waals surface area contributed by atoms with Crippen molar-refractivity contribution in [3.63, 3.8) is 0 Å². The summed E-state index contributed by atoms with van der Waals surface area (Å²) in [5, 5.41) is 0.779. The van der Waals surface area contributed by atoms with E-state index in [1.54, 1.807) is 18.2 Å². The molecule has 0 aliphatic carbocycles. The van der Waals surface area contributed by atoms with Crippen LogP contribution in [0, 0.1) is 11.8 Å². The predicted molar refractivity (Wildman–Crippen MR) is 73.3 cm³/mol. The molecule has 5 nitrogen and oxygen atoms in total. The quantitative estimate of drug-likeness (QED) is 0.582. The van der Waals surface area contributed by atoms with Gasteiger partial charge in [0.1, 0.15) is 12.2 Å². The number of nitrogens with zero attached hydrogens (tertiary/aromatic N) is 1. The smallest absolute Gasteiger partial charge is 0.240 e. The van der Waals surface area contributed by atoms with Crippen LogP contribution in [0.15, 0.2) is 18.2 Å². The Morgan fingerprint density at radius 2 is 1.29 bits per heavy atom. The fourth-order valence-corrected chi connectivity index (χ4v) is 4.42. The summed E-state index contributed by atoms with van der Waals surface area (Å²) in [6.45, 7) is 0. The topological polar surface area (TPSA) is 59.1 Å². The summed E-state index contributed by atoms with van der Waals surface area (Å²) >= 11 is 11.9. The lowest BCUT2D eigenvalue weighted by Gasteiger charge is -2.18. The van der Waals surface area contributed by atoms with E-state index in [2.05, 4.69) is 0 Å². The molecule has 108 valence electrons. The zero-order valence-corrected chi connectivity index (χ0v) is 12.0. The first-order valence-corrected chi connectivity index (χ1v) is 7.47. The van der Waals surface area contributed by atoms with Gasteiger partial charge in [-0.1, -0.05) is 23.2 Å². The molecule has 4 aliphatic rings. The summed E-state index contributed by atoms with van der Waals surface area (Å²) in [4.78, 5) is 26.5. The minimum Gasteiger partial charge on any atom is -0.368 e. The summed E-state index contributed by atoms with van der Waals surface area (Å²) in [6.07, 6.45) is -0.617. The highest BCUT2D eigenvalue weighted by atomic mass is 35.5. The predicted octanol–water partition coefficient (Wildman–Crippen LogP) is 1.65. The molecule has 2 amide bonds. The molecular weight excluding hydrogens is 317 g/mol. The maximum absolute atomic E-state index is 12.7. The minimum atomic E-state index is -0.441. The third-order valence-corrected chi connectivity index (χ3v) is 5.17. The van der Waals surface area contributed by atoms with Crippen LogP contribution in [0.5, 0.6) is 0 Å². The molecule has 2 unspecified atom stereocenters. The van der Waals surface area contributed by atoms with Crippen LogP contribution in [-0.4, -0.2) is 36.2 Å². The number of benzene rings is 1. The fraction of sp³-hybridized carbons (Fsp3) is 0.429. The van der Waals surface area contributed by atoms with Crippen LogP contribution >= 0.6 is 23.2 Å². The molecule has 6 atom stereocenters. The minimum absolute atomic E-state index is 0.0177. The van der Waals surface area contributed by atoms with Gasteiger partial charge in [0.2, 0.25) is 11.8 Å². The number of hydrogen-bond acceptors (Lipinski definition) is 4. The number of fused-ring (bicyclic) bond motifs is 8. The summed E-state index contributed by atoms with van der Waals surface area (Å²) in [5.41, 5.74) is 0.422. The molecular formula is C14H9Cl2NO4. The molecule has 0 spiro atoms. The average Bonchev–Trinajstić information content (AvgIpc) is 2.92. The molecule has 4 saturated heterocycles. The Balaban J connectivity index is 1.58. The van der Waals surface area contributed by atoms with Crippen LogP contribution in [0.25, 0.3) is 0 Å². The highest BCUT2D eigenvalue weighted by Crippen LogP contribution is 2.57. The van der Waals surface area contributed by atoms with Gasteiger partial charge in [-0.25, -0.2) is 4.90 Å². The van der Waals surface area contributed by atoms with Crippen molar-refractivity contribution in [1.29, 1.82) is 0 Å². The number of carbonyl (C=O) groups excluding carboxylic acids is 2. The SMILES string of the molecule is O=C1[C@@H]2C3OC([C@H]4O[C@@H]34)[C@@H]2C(=O)N1c1cc(Cl)cc(Cl)c1. The molecule has 0 radical (unpaired) electrons. The number of anilines is 1. The molecule has 2 bridgehead atoms. The van der Waals surface area contributed by atoms with E-state index >= 15 is 0 Å². The highest BCUT2D eigenvalue weighted by Gasteiger charge is 2.75. The van der Waals surface area contributed by atoms with E-state index in [0.29, 0.717) is 15.7 Å². The lowest BCUT2D eigenvalue weighted by Crippen LogP contribution is -2.35. The summed E-state index contributed by atoms with van der Waals surface area (Å²) < 4.78 is 11.2. The molecule has 5 rings (SSSR count). The zero-order chi connectivity index (χ0) is 14.5. The van der Waals surface area contributed by atoms with E-state index < -0.39 is 11.8 Å². The van der Waals surface area contributed by atoms with Crippen molar-refractivity contribution in [1.82, 2.24) is 0 Å². The second-order valence-corrected chi connectivity index (χ2v) is 6.69. The molecule has 4 fully saturated rings. The van der Waals surface area contributed by atoms with Gasteiger partial charge in [0.15, 0.2) is 0 Å². The molecule has 21 heavy (non-hydrogen) atoms. The third-order valence-electron chi connectivity index (χ3n) is 4.73. The molecule has 7 heteroatoms. The second-order valence-electron chi connectivity index (χ2n) is 5.82. The van der Waals surface area contributed by atoms with E-state index in [1.807, 2.05) is 0 Å². The van der Waals surface area contributed by atoms with Gasteiger partial charge < -0.3 is 9.47 Å². The maximum atomic E-state index is 12.7. The molecule has 0 saturated carbocycles. The van der Waals surface area contributed by atoms with E-state index in [9.17, 15) is 9.59 Å². The highest BCUT2D eigenvalue weighted by molar-refractivity contribution is 6.35. The van der Waals surface area contributed by atoms with Gasteiger partial charge >= 0.3 is 0 Å². The van der Waals surface area contributed by atoms with Gasteiger partial charge in [-0.05, 0) is 18.2 Å². The van der Waals surface area contributed by atoms with Crippen LogP contribution in [0.2, 0.25) is 10.0 Å².